The van der Waals surface area contributed by atoms with E-state index in [4.69, 9.17) is 0 Å². The number of nitrogens with zero attached hydrogens (tertiary/aromatic N) is 4. The van der Waals surface area contributed by atoms with Crippen molar-refractivity contribution >= 4 is 0 Å². The van der Waals surface area contributed by atoms with Gasteiger partial charge in [0.15, 0.2) is 0 Å². The zero-order valence-corrected chi connectivity index (χ0v) is 10.9. The topological polar surface area (TPSA) is 46.0 Å². The monoisotopic (exact) mass is 237 g/mol. The average Bonchev–Trinajstić information content (AvgIpc) is 2.75. The minimum Gasteiger partial charge on any atom is -0.317 e. The number of rotatable bonds is 5. The minimum absolute atomic E-state index is 0.776. The fourth-order valence-corrected chi connectivity index (χ4v) is 2.28. The molecule has 0 aromatic carbocycles. The summed E-state index contributed by atoms with van der Waals surface area (Å²) >= 11 is 0. The normalized spacial score (nSPS) is 17.8. The van der Waals surface area contributed by atoms with Crippen LogP contribution < -0.4 is 5.32 Å². The van der Waals surface area contributed by atoms with E-state index < -0.39 is 0 Å². The van der Waals surface area contributed by atoms with Crippen LogP contribution in [0.15, 0.2) is 6.33 Å². The number of likely N-dealkylation sites (N-methyl/N-ethyl adjacent to an activating group) is 1. The van der Waals surface area contributed by atoms with Gasteiger partial charge in [0.05, 0.1) is 0 Å². The molecule has 0 saturated carbocycles. The summed E-state index contributed by atoms with van der Waals surface area (Å²) in [4.78, 5) is 2.19. The molecule has 0 spiro atoms. The maximum atomic E-state index is 4.26. The minimum atomic E-state index is 0.776. The maximum Gasteiger partial charge on any atom is 0.133 e. The molecule has 1 aliphatic rings. The highest BCUT2D eigenvalue weighted by Crippen LogP contribution is 2.16. The summed E-state index contributed by atoms with van der Waals surface area (Å²) in [5.74, 6) is 1.93. The Labute approximate surface area is 103 Å². The second kappa shape index (κ2) is 6.12. The Morgan fingerprint density at radius 2 is 2.18 bits per heavy atom. The molecule has 2 heterocycles. The molecule has 17 heavy (non-hydrogen) atoms. The van der Waals surface area contributed by atoms with Gasteiger partial charge in [0, 0.05) is 19.5 Å². The van der Waals surface area contributed by atoms with Gasteiger partial charge in [0.1, 0.15) is 12.2 Å². The molecule has 1 saturated heterocycles. The van der Waals surface area contributed by atoms with Gasteiger partial charge in [-0.3, -0.25) is 0 Å². The predicted molar refractivity (Wildman–Crippen MR) is 67.9 cm³/mol. The Kier molecular flexibility index (Phi) is 4.50. The van der Waals surface area contributed by atoms with Gasteiger partial charge in [-0.25, -0.2) is 0 Å². The molecule has 0 unspecified atom stereocenters. The zero-order valence-electron chi connectivity index (χ0n) is 10.9. The summed E-state index contributed by atoms with van der Waals surface area (Å²) < 4.78 is 2.20. The fraction of sp³-hybridized carbons (Fsp3) is 0.833. The van der Waals surface area contributed by atoms with E-state index in [-0.39, 0.29) is 0 Å². The number of hydrogen-bond acceptors (Lipinski definition) is 4. The molecule has 0 radical (unpaired) electrons. The van der Waals surface area contributed by atoms with Crippen LogP contribution in [0.3, 0.4) is 0 Å². The molecule has 5 heteroatoms. The first kappa shape index (κ1) is 12.5. The van der Waals surface area contributed by atoms with E-state index >= 15 is 0 Å². The van der Waals surface area contributed by atoms with Gasteiger partial charge in [-0.05, 0) is 45.9 Å². The van der Waals surface area contributed by atoms with Gasteiger partial charge in [-0.2, -0.15) is 0 Å². The Balaban J connectivity index is 1.88. The van der Waals surface area contributed by atoms with Gasteiger partial charge in [-0.15, -0.1) is 10.2 Å². The van der Waals surface area contributed by atoms with E-state index in [0.29, 0.717) is 0 Å². The van der Waals surface area contributed by atoms with E-state index in [1.807, 2.05) is 6.33 Å². The number of aromatic nitrogens is 3. The first-order valence-electron chi connectivity index (χ1n) is 6.48. The Hall–Kier alpha value is -0.940. The van der Waals surface area contributed by atoms with Crippen LogP contribution in [0.1, 0.15) is 18.7 Å². The molecule has 1 N–H and O–H groups in total. The van der Waals surface area contributed by atoms with Gasteiger partial charge >= 0.3 is 0 Å². The molecular weight excluding hydrogens is 214 g/mol. The number of nitrogens with one attached hydrogen (secondary N) is 1. The largest absolute Gasteiger partial charge is 0.317 e. The zero-order chi connectivity index (χ0) is 12.1. The quantitative estimate of drug-likeness (QED) is 0.804. The highest BCUT2D eigenvalue weighted by Gasteiger charge is 2.16. The standard InChI is InChI=1S/C12H23N5/c1-16(2)7-8-17-10-14-15-12(17)9-11-3-5-13-6-4-11/h10-11,13H,3-9H2,1-2H3. The lowest BCUT2D eigenvalue weighted by atomic mass is 9.94. The Morgan fingerprint density at radius 3 is 2.88 bits per heavy atom. The van der Waals surface area contributed by atoms with Crippen LogP contribution in [0, 0.1) is 5.92 Å². The van der Waals surface area contributed by atoms with E-state index in [1.54, 1.807) is 0 Å². The van der Waals surface area contributed by atoms with Crippen molar-refractivity contribution < 1.29 is 0 Å². The molecule has 96 valence electrons. The van der Waals surface area contributed by atoms with Crippen LogP contribution in [0.25, 0.3) is 0 Å². The molecule has 1 fully saturated rings. The van der Waals surface area contributed by atoms with E-state index in [0.717, 1.165) is 44.3 Å². The van der Waals surface area contributed by atoms with Crippen molar-refractivity contribution in [2.45, 2.75) is 25.8 Å². The van der Waals surface area contributed by atoms with Gasteiger partial charge < -0.3 is 14.8 Å². The van der Waals surface area contributed by atoms with Crippen LogP contribution >= 0.6 is 0 Å². The summed E-state index contributed by atoms with van der Waals surface area (Å²) in [7, 11) is 4.19. The van der Waals surface area contributed by atoms with Crippen molar-refractivity contribution in [2.75, 3.05) is 33.7 Å². The van der Waals surface area contributed by atoms with Crippen LogP contribution in [0.2, 0.25) is 0 Å². The van der Waals surface area contributed by atoms with Crippen molar-refractivity contribution in [2.24, 2.45) is 5.92 Å². The van der Waals surface area contributed by atoms with Crippen molar-refractivity contribution in [1.82, 2.24) is 25.0 Å². The molecule has 0 amide bonds. The summed E-state index contributed by atoms with van der Waals surface area (Å²) in [5.41, 5.74) is 0. The lowest BCUT2D eigenvalue weighted by Crippen LogP contribution is -2.29. The predicted octanol–water partition coefficient (Wildman–Crippen LogP) is 0.382. The highest BCUT2D eigenvalue weighted by molar-refractivity contribution is 4.89. The smallest absolute Gasteiger partial charge is 0.133 e. The molecule has 0 bridgehead atoms. The van der Waals surface area contributed by atoms with Gasteiger partial charge in [0.25, 0.3) is 0 Å². The van der Waals surface area contributed by atoms with Crippen LogP contribution in [0.4, 0.5) is 0 Å². The van der Waals surface area contributed by atoms with E-state index in [9.17, 15) is 0 Å². The van der Waals surface area contributed by atoms with Crippen LogP contribution in [0.5, 0.6) is 0 Å². The van der Waals surface area contributed by atoms with Gasteiger partial charge in [0.2, 0.25) is 0 Å². The molecule has 0 atom stereocenters. The lowest BCUT2D eigenvalue weighted by Gasteiger charge is -2.22. The maximum absolute atomic E-state index is 4.26. The molecule has 1 aliphatic heterocycles. The third kappa shape index (κ3) is 3.78. The number of hydrogen-bond donors (Lipinski definition) is 1. The number of piperidine rings is 1. The Bertz CT molecular complexity index is 327. The first-order valence-corrected chi connectivity index (χ1v) is 6.48. The van der Waals surface area contributed by atoms with Crippen LogP contribution in [-0.4, -0.2) is 53.4 Å². The molecule has 1 aromatic rings. The third-order valence-electron chi connectivity index (χ3n) is 3.41. The summed E-state index contributed by atoms with van der Waals surface area (Å²) in [6.45, 7) is 4.32. The Morgan fingerprint density at radius 1 is 1.41 bits per heavy atom. The second-order valence-electron chi connectivity index (χ2n) is 5.14. The van der Waals surface area contributed by atoms with Gasteiger partial charge in [-0.1, -0.05) is 0 Å². The summed E-state index contributed by atoms with van der Waals surface area (Å²) in [6.07, 6.45) is 5.47. The summed E-state index contributed by atoms with van der Waals surface area (Å²) in [5, 5.41) is 11.7. The van der Waals surface area contributed by atoms with E-state index in [1.165, 1.54) is 12.8 Å². The van der Waals surface area contributed by atoms with Crippen LogP contribution in [-0.2, 0) is 13.0 Å². The summed E-state index contributed by atoms with van der Waals surface area (Å²) in [6, 6.07) is 0. The lowest BCUT2D eigenvalue weighted by molar-refractivity contribution is 0.351. The molecule has 1 aromatic heterocycles. The van der Waals surface area contributed by atoms with Crippen molar-refractivity contribution in [1.29, 1.82) is 0 Å². The molecule has 0 aliphatic carbocycles. The van der Waals surface area contributed by atoms with Crippen molar-refractivity contribution in [3.05, 3.63) is 12.2 Å². The fourth-order valence-electron chi connectivity index (χ4n) is 2.28. The van der Waals surface area contributed by atoms with E-state index in [2.05, 4.69) is 39.1 Å². The first-order chi connectivity index (χ1) is 8.25. The SMILES string of the molecule is CN(C)CCn1cnnc1CC1CCNCC1. The highest BCUT2D eigenvalue weighted by atomic mass is 15.3. The van der Waals surface area contributed by atoms with Crippen molar-refractivity contribution in [3.8, 4) is 0 Å². The molecule has 5 nitrogen and oxygen atoms in total. The second-order valence-corrected chi connectivity index (χ2v) is 5.14. The average molecular weight is 237 g/mol. The van der Waals surface area contributed by atoms with Crippen molar-refractivity contribution in [3.63, 3.8) is 0 Å². The molecular formula is C12H23N5. The third-order valence-corrected chi connectivity index (χ3v) is 3.41. The molecule has 2 rings (SSSR count).